The highest BCUT2D eigenvalue weighted by atomic mass is 16.7. The zero-order valence-corrected chi connectivity index (χ0v) is 14.8. The number of benzene rings is 1. The van der Waals surface area contributed by atoms with Crippen LogP contribution in [0.4, 0.5) is 9.59 Å². The molecule has 2 atom stereocenters. The summed E-state index contributed by atoms with van der Waals surface area (Å²) in [4.78, 5) is 23.2. The molecule has 2 unspecified atom stereocenters. The summed E-state index contributed by atoms with van der Waals surface area (Å²) in [5.41, 5.74) is 0.582. The van der Waals surface area contributed by atoms with E-state index in [9.17, 15) is 9.59 Å². The summed E-state index contributed by atoms with van der Waals surface area (Å²) in [6, 6.07) is 7.30. The van der Waals surface area contributed by atoms with E-state index in [2.05, 4.69) is 5.32 Å². The van der Waals surface area contributed by atoms with Crippen molar-refractivity contribution in [2.24, 2.45) is 0 Å². The third-order valence-corrected chi connectivity index (χ3v) is 3.33. The number of hydrogen-bond acceptors (Lipinski definition) is 5. The maximum absolute atomic E-state index is 11.7. The summed E-state index contributed by atoms with van der Waals surface area (Å²) in [5.74, 6) is 0.691. The van der Waals surface area contributed by atoms with Crippen LogP contribution in [-0.2, 0) is 9.47 Å². The molecule has 2 rings (SSSR count). The van der Waals surface area contributed by atoms with Crippen molar-refractivity contribution in [1.29, 1.82) is 0 Å². The first kappa shape index (κ1) is 18.1. The highest BCUT2D eigenvalue weighted by Crippen LogP contribution is 2.41. The molecule has 6 nitrogen and oxygen atoms in total. The molecular formula is C18H25NO5. The monoisotopic (exact) mass is 335 g/mol. The Morgan fingerprint density at radius 2 is 1.79 bits per heavy atom. The molecule has 1 amide bonds. The fraction of sp³-hybridized carbons (Fsp3) is 0.556. The summed E-state index contributed by atoms with van der Waals surface area (Å²) >= 11 is 0. The molecule has 1 fully saturated rings. The normalized spacial score (nSPS) is 19.6. The first-order valence-corrected chi connectivity index (χ1v) is 8.12. The van der Waals surface area contributed by atoms with Crippen molar-refractivity contribution >= 4 is 12.2 Å². The molecule has 1 aliphatic carbocycles. The van der Waals surface area contributed by atoms with Crippen molar-refractivity contribution in [2.75, 3.05) is 0 Å². The van der Waals surface area contributed by atoms with Gasteiger partial charge in [-0.2, -0.15) is 0 Å². The second-order valence-electron chi connectivity index (χ2n) is 7.18. The van der Waals surface area contributed by atoms with Crippen molar-refractivity contribution in [2.45, 2.75) is 64.7 Å². The first-order chi connectivity index (χ1) is 11.1. The van der Waals surface area contributed by atoms with Crippen molar-refractivity contribution in [3.8, 4) is 5.75 Å². The summed E-state index contributed by atoms with van der Waals surface area (Å²) in [6.07, 6.45) is -0.461. The Hall–Kier alpha value is -2.24. The number of alkyl carbamates (subject to hydrolysis) is 1. The Bertz CT molecular complexity index is 588. The van der Waals surface area contributed by atoms with Gasteiger partial charge >= 0.3 is 12.2 Å². The summed E-state index contributed by atoms with van der Waals surface area (Å²) in [7, 11) is 0. The van der Waals surface area contributed by atoms with Gasteiger partial charge in [-0.15, -0.1) is 0 Å². The molecule has 1 saturated carbocycles. The molecule has 0 aromatic heterocycles. The van der Waals surface area contributed by atoms with Crippen LogP contribution in [0.25, 0.3) is 0 Å². The molecule has 6 heteroatoms. The molecular weight excluding hydrogens is 310 g/mol. The van der Waals surface area contributed by atoms with E-state index in [4.69, 9.17) is 14.2 Å². The van der Waals surface area contributed by atoms with Gasteiger partial charge in [0.15, 0.2) is 0 Å². The number of hydrogen-bond donors (Lipinski definition) is 1. The SMILES string of the molecule is CC(C)OC(=O)Oc1ccc(C2CC2NC(=O)OC(C)(C)C)cc1. The number of nitrogens with one attached hydrogen (secondary N) is 1. The Labute approximate surface area is 142 Å². The van der Waals surface area contributed by atoms with Crippen LogP contribution in [-0.4, -0.2) is 30.0 Å². The van der Waals surface area contributed by atoms with E-state index in [1.807, 2.05) is 32.9 Å². The van der Waals surface area contributed by atoms with E-state index in [1.165, 1.54) is 0 Å². The average molecular weight is 335 g/mol. The van der Waals surface area contributed by atoms with Crippen molar-refractivity contribution in [1.82, 2.24) is 5.32 Å². The summed E-state index contributed by atoms with van der Waals surface area (Å²) in [6.45, 7) is 9.02. The maximum Gasteiger partial charge on any atom is 0.514 e. The lowest BCUT2D eigenvalue weighted by Crippen LogP contribution is -2.34. The van der Waals surface area contributed by atoms with Gasteiger partial charge < -0.3 is 19.5 Å². The minimum atomic E-state index is -0.714. The van der Waals surface area contributed by atoms with Crippen molar-refractivity contribution in [3.63, 3.8) is 0 Å². The van der Waals surface area contributed by atoms with Crippen LogP contribution in [0.3, 0.4) is 0 Å². The molecule has 1 aromatic rings. The molecule has 0 bridgehead atoms. The summed E-state index contributed by atoms with van der Waals surface area (Å²) < 4.78 is 15.2. The van der Waals surface area contributed by atoms with E-state index in [-0.39, 0.29) is 18.1 Å². The van der Waals surface area contributed by atoms with Gasteiger partial charge in [0, 0.05) is 12.0 Å². The lowest BCUT2D eigenvalue weighted by molar-refractivity contribution is 0.0522. The molecule has 0 saturated heterocycles. The predicted molar refractivity (Wildman–Crippen MR) is 89.2 cm³/mol. The van der Waals surface area contributed by atoms with Gasteiger partial charge in [-0.1, -0.05) is 12.1 Å². The Morgan fingerprint density at radius 3 is 2.33 bits per heavy atom. The second-order valence-corrected chi connectivity index (χ2v) is 7.18. The van der Waals surface area contributed by atoms with Gasteiger partial charge in [-0.25, -0.2) is 9.59 Å². The predicted octanol–water partition coefficient (Wildman–Crippen LogP) is 3.99. The highest BCUT2D eigenvalue weighted by molar-refractivity contribution is 5.69. The van der Waals surface area contributed by atoms with Crippen molar-refractivity contribution in [3.05, 3.63) is 29.8 Å². The lowest BCUT2D eigenvalue weighted by Gasteiger charge is -2.19. The standard InChI is InChI=1S/C18H25NO5/c1-11(2)22-17(21)23-13-8-6-12(7-9-13)14-10-15(14)19-16(20)24-18(3,4)5/h6-9,11,14-15H,10H2,1-5H3,(H,19,20). The van der Waals surface area contributed by atoms with Crippen molar-refractivity contribution < 1.29 is 23.8 Å². The minimum Gasteiger partial charge on any atom is -0.444 e. The fourth-order valence-corrected chi connectivity index (χ4v) is 2.28. The van der Waals surface area contributed by atoms with E-state index in [0.29, 0.717) is 5.75 Å². The van der Waals surface area contributed by atoms with E-state index in [1.54, 1.807) is 26.0 Å². The lowest BCUT2D eigenvalue weighted by atomic mass is 10.1. The average Bonchev–Trinajstić information content (AvgIpc) is 3.15. The van der Waals surface area contributed by atoms with Crippen LogP contribution in [0.15, 0.2) is 24.3 Å². The second kappa shape index (κ2) is 7.11. The topological polar surface area (TPSA) is 73.9 Å². The van der Waals surface area contributed by atoms with Gasteiger partial charge in [-0.05, 0) is 58.7 Å². The van der Waals surface area contributed by atoms with Gasteiger partial charge in [0.2, 0.25) is 0 Å². The molecule has 132 valence electrons. The quantitative estimate of drug-likeness (QED) is 0.665. The molecule has 0 spiro atoms. The van der Waals surface area contributed by atoms with E-state index >= 15 is 0 Å². The number of ether oxygens (including phenoxy) is 3. The third kappa shape index (κ3) is 5.76. The van der Waals surface area contributed by atoms with Crippen LogP contribution < -0.4 is 10.1 Å². The molecule has 0 aliphatic heterocycles. The first-order valence-electron chi connectivity index (χ1n) is 8.12. The van der Waals surface area contributed by atoms with Crippen LogP contribution in [0.1, 0.15) is 52.5 Å². The largest absolute Gasteiger partial charge is 0.514 e. The zero-order chi connectivity index (χ0) is 17.9. The van der Waals surface area contributed by atoms with Crippen LogP contribution in [0.5, 0.6) is 5.75 Å². The van der Waals surface area contributed by atoms with E-state index < -0.39 is 17.8 Å². The number of carbonyl (C=O) groups excluding carboxylic acids is 2. The Balaban J connectivity index is 1.83. The number of amides is 1. The molecule has 1 aromatic carbocycles. The number of carbonyl (C=O) groups is 2. The van der Waals surface area contributed by atoms with Gasteiger partial charge in [0.1, 0.15) is 11.4 Å². The van der Waals surface area contributed by atoms with Gasteiger partial charge in [-0.3, -0.25) is 0 Å². The smallest absolute Gasteiger partial charge is 0.444 e. The maximum atomic E-state index is 11.7. The van der Waals surface area contributed by atoms with Gasteiger partial charge in [0.25, 0.3) is 0 Å². The third-order valence-electron chi connectivity index (χ3n) is 3.33. The van der Waals surface area contributed by atoms with Crippen LogP contribution in [0, 0.1) is 0 Å². The fourth-order valence-electron chi connectivity index (χ4n) is 2.28. The minimum absolute atomic E-state index is 0.0810. The van der Waals surface area contributed by atoms with Crippen LogP contribution >= 0.6 is 0 Å². The summed E-state index contributed by atoms with van der Waals surface area (Å²) in [5, 5.41) is 2.86. The van der Waals surface area contributed by atoms with E-state index in [0.717, 1.165) is 12.0 Å². The molecule has 1 N–H and O–H groups in total. The van der Waals surface area contributed by atoms with Crippen LogP contribution in [0.2, 0.25) is 0 Å². The Kier molecular flexibility index (Phi) is 5.36. The molecule has 0 radical (unpaired) electrons. The van der Waals surface area contributed by atoms with Gasteiger partial charge in [0.05, 0.1) is 6.10 Å². The highest BCUT2D eigenvalue weighted by Gasteiger charge is 2.40. The molecule has 1 aliphatic rings. The molecule has 0 heterocycles. The zero-order valence-electron chi connectivity index (χ0n) is 14.8. The Morgan fingerprint density at radius 1 is 1.17 bits per heavy atom. The molecule has 24 heavy (non-hydrogen) atoms. The number of rotatable bonds is 4.